The summed E-state index contributed by atoms with van der Waals surface area (Å²) in [5.41, 5.74) is 1.11. The predicted molar refractivity (Wildman–Crippen MR) is 103 cm³/mol. The molecule has 2 aliphatic heterocycles. The highest BCUT2D eigenvalue weighted by Gasteiger charge is 2.24. The largest absolute Gasteiger partial charge is 0.369 e. The lowest BCUT2D eigenvalue weighted by atomic mass is 10.1. The van der Waals surface area contributed by atoms with Crippen LogP contribution in [0.15, 0.2) is 24.5 Å². The molecule has 9 heteroatoms. The van der Waals surface area contributed by atoms with Crippen molar-refractivity contribution in [1.29, 1.82) is 0 Å². The van der Waals surface area contributed by atoms with Crippen molar-refractivity contribution in [1.82, 2.24) is 15.4 Å². The average molecular weight is 399 g/mol. The molecule has 0 radical (unpaired) electrons. The van der Waals surface area contributed by atoms with Gasteiger partial charge < -0.3 is 24.6 Å². The Morgan fingerprint density at radius 3 is 2.52 bits per heavy atom. The molecular weight excluding hydrogens is 372 g/mol. The Bertz CT molecular complexity index is 578. The van der Waals surface area contributed by atoms with Crippen molar-refractivity contribution in [3.05, 3.63) is 24.5 Å². The topological polar surface area (TPSA) is 84.0 Å². The molecule has 0 aliphatic carbocycles. The van der Waals surface area contributed by atoms with Gasteiger partial charge in [0.2, 0.25) is 0 Å². The molecule has 0 amide bonds. The summed E-state index contributed by atoms with van der Waals surface area (Å²) in [6, 6.07) is 3.93. The SMILES string of the molecule is Cl.O=CC(CC(=O)ON1CCN(c2ccncc2)CC1)OC1CCNCC1. The smallest absolute Gasteiger partial charge is 0.328 e. The Morgan fingerprint density at radius 2 is 1.89 bits per heavy atom. The minimum atomic E-state index is -0.733. The third-order valence-electron chi connectivity index (χ3n) is 4.67. The highest BCUT2D eigenvalue weighted by atomic mass is 35.5. The number of ether oxygens (including phenoxy) is 1. The molecule has 2 aliphatic rings. The lowest BCUT2D eigenvalue weighted by Gasteiger charge is -2.34. The van der Waals surface area contributed by atoms with Crippen molar-refractivity contribution < 1.29 is 19.2 Å². The number of hydroxylamine groups is 2. The summed E-state index contributed by atoms with van der Waals surface area (Å²) < 4.78 is 5.73. The molecule has 1 aromatic rings. The normalized spacial score (nSPS) is 19.8. The second-order valence-corrected chi connectivity index (χ2v) is 6.55. The van der Waals surface area contributed by atoms with Crippen LogP contribution in [0.4, 0.5) is 5.69 Å². The van der Waals surface area contributed by atoms with Gasteiger partial charge in [-0.2, -0.15) is 0 Å². The second kappa shape index (κ2) is 11.2. The van der Waals surface area contributed by atoms with Gasteiger partial charge in [0.05, 0.1) is 25.6 Å². The summed E-state index contributed by atoms with van der Waals surface area (Å²) >= 11 is 0. The Hall–Kier alpha value is -1.74. The van der Waals surface area contributed by atoms with Gasteiger partial charge in [-0.3, -0.25) is 9.78 Å². The van der Waals surface area contributed by atoms with Crippen LogP contribution < -0.4 is 10.2 Å². The molecule has 8 nitrogen and oxygen atoms in total. The first-order valence-corrected chi connectivity index (χ1v) is 9.17. The van der Waals surface area contributed by atoms with Gasteiger partial charge in [0, 0.05) is 31.2 Å². The number of aldehydes is 1. The molecule has 1 N–H and O–H groups in total. The van der Waals surface area contributed by atoms with Gasteiger partial charge in [-0.05, 0) is 38.1 Å². The summed E-state index contributed by atoms with van der Waals surface area (Å²) in [7, 11) is 0. The van der Waals surface area contributed by atoms with Crippen LogP contribution in [0.3, 0.4) is 0 Å². The molecular formula is C18H27ClN4O4. The molecule has 2 fully saturated rings. The molecule has 150 valence electrons. The third-order valence-corrected chi connectivity index (χ3v) is 4.67. The van der Waals surface area contributed by atoms with Crippen molar-refractivity contribution >= 4 is 30.3 Å². The van der Waals surface area contributed by atoms with E-state index in [9.17, 15) is 9.59 Å². The molecule has 1 unspecified atom stereocenters. The lowest BCUT2D eigenvalue weighted by molar-refractivity contribution is -0.195. The summed E-state index contributed by atoms with van der Waals surface area (Å²) in [6.45, 7) is 4.52. The first kappa shape index (κ1) is 21.6. The number of aromatic nitrogens is 1. The Labute approximate surface area is 165 Å². The Balaban J connectivity index is 0.00000261. The van der Waals surface area contributed by atoms with Crippen LogP contribution in [0.25, 0.3) is 0 Å². The summed E-state index contributed by atoms with van der Waals surface area (Å²) in [5.74, 6) is -0.423. The third kappa shape index (κ3) is 6.73. The molecule has 2 saturated heterocycles. The number of piperazine rings is 1. The predicted octanol–water partition coefficient (Wildman–Crippen LogP) is 0.810. The molecule has 27 heavy (non-hydrogen) atoms. The first-order chi connectivity index (χ1) is 12.7. The van der Waals surface area contributed by atoms with E-state index < -0.39 is 12.1 Å². The zero-order valence-corrected chi connectivity index (χ0v) is 16.1. The Kier molecular flexibility index (Phi) is 8.93. The highest BCUT2D eigenvalue weighted by molar-refractivity contribution is 5.85. The van der Waals surface area contributed by atoms with Gasteiger partial charge in [-0.1, -0.05) is 0 Å². The van der Waals surface area contributed by atoms with Crippen LogP contribution in [0, 0.1) is 0 Å². The van der Waals surface area contributed by atoms with Crippen LogP contribution in [-0.4, -0.2) is 73.8 Å². The minimum absolute atomic E-state index is 0. The standard InChI is InChI=1S/C18H26N4O4.ClH/c23-14-17(25-16-3-7-20-8-4-16)13-18(24)26-22-11-9-21(10-12-22)15-1-5-19-6-2-15;/h1-2,5-6,14,16-17,20H,3-4,7-13H2;1H. The van der Waals surface area contributed by atoms with Gasteiger partial charge in [-0.25, -0.2) is 0 Å². The average Bonchev–Trinajstić information content (AvgIpc) is 2.69. The van der Waals surface area contributed by atoms with Crippen LogP contribution in [0.2, 0.25) is 0 Å². The number of piperidine rings is 1. The van der Waals surface area contributed by atoms with Gasteiger partial charge in [-0.15, -0.1) is 17.5 Å². The van der Waals surface area contributed by atoms with Crippen molar-refractivity contribution in [2.75, 3.05) is 44.2 Å². The first-order valence-electron chi connectivity index (χ1n) is 9.17. The number of halogens is 1. The summed E-state index contributed by atoms with van der Waals surface area (Å²) in [6.07, 6.45) is 5.20. The van der Waals surface area contributed by atoms with E-state index in [2.05, 4.69) is 15.2 Å². The summed E-state index contributed by atoms with van der Waals surface area (Å²) in [5, 5.41) is 4.90. The van der Waals surface area contributed by atoms with E-state index in [1.807, 2.05) is 12.1 Å². The zero-order chi connectivity index (χ0) is 18.2. The minimum Gasteiger partial charge on any atom is -0.369 e. The van der Waals surface area contributed by atoms with Gasteiger partial charge in [0.1, 0.15) is 12.4 Å². The summed E-state index contributed by atoms with van der Waals surface area (Å²) in [4.78, 5) is 35.0. The molecule has 0 bridgehead atoms. The molecule has 0 aromatic carbocycles. The number of pyridine rings is 1. The number of nitrogens with zero attached hydrogens (tertiary/aromatic N) is 3. The van der Waals surface area contributed by atoms with Crippen molar-refractivity contribution in [3.63, 3.8) is 0 Å². The van der Waals surface area contributed by atoms with E-state index in [1.165, 1.54) is 0 Å². The monoisotopic (exact) mass is 398 g/mol. The number of hydrogen-bond acceptors (Lipinski definition) is 8. The van der Waals surface area contributed by atoms with Gasteiger partial charge in [0.25, 0.3) is 0 Å². The van der Waals surface area contributed by atoms with Crippen LogP contribution >= 0.6 is 12.4 Å². The maximum absolute atomic E-state index is 12.1. The number of hydrogen-bond donors (Lipinski definition) is 1. The highest BCUT2D eigenvalue weighted by Crippen LogP contribution is 2.16. The van der Waals surface area contributed by atoms with Crippen molar-refractivity contribution in [2.45, 2.75) is 31.5 Å². The molecule has 3 rings (SSSR count). The van der Waals surface area contributed by atoms with Crippen LogP contribution in [0.1, 0.15) is 19.3 Å². The number of rotatable bonds is 7. The molecule has 3 heterocycles. The maximum Gasteiger partial charge on any atom is 0.328 e. The number of carbonyl (C=O) groups excluding carboxylic acids is 2. The number of nitrogens with one attached hydrogen (secondary N) is 1. The lowest BCUT2D eigenvalue weighted by Crippen LogP contribution is -2.47. The molecule has 0 spiro atoms. The van der Waals surface area contributed by atoms with Gasteiger partial charge >= 0.3 is 5.97 Å². The fourth-order valence-electron chi connectivity index (χ4n) is 3.24. The fourth-order valence-corrected chi connectivity index (χ4v) is 3.24. The number of anilines is 1. The van der Waals surface area contributed by atoms with E-state index in [0.717, 1.165) is 44.7 Å². The van der Waals surface area contributed by atoms with Crippen LogP contribution in [-0.2, 0) is 19.2 Å². The van der Waals surface area contributed by atoms with E-state index in [1.54, 1.807) is 17.5 Å². The van der Waals surface area contributed by atoms with E-state index in [0.29, 0.717) is 19.4 Å². The van der Waals surface area contributed by atoms with Crippen molar-refractivity contribution in [3.8, 4) is 0 Å². The molecule has 1 atom stereocenters. The fraction of sp³-hybridized carbons (Fsp3) is 0.611. The van der Waals surface area contributed by atoms with E-state index in [-0.39, 0.29) is 24.9 Å². The van der Waals surface area contributed by atoms with E-state index >= 15 is 0 Å². The van der Waals surface area contributed by atoms with Gasteiger partial charge in [0.15, 0.2) is 0 Å². The van der Waals surface area contributed by atoms with E-state index in [4.69, 9.17) is 9.57 Å². The number of carbonyl (C=O) groups is 2. The van der Waals surface area contributed by atoms with Crippen molar-refractivity contribution in [2.24, 2.45) is 0 Å². The Morgan fingerprint density at radius 1 is 1.22 bits per heavy atom. The second-order valence-electron chi connectivity index (χ2n) is 6.55. The van der Waals surface area contributed by atoms with Crippen LogP contribution in [0.5, 0.6) is 0 Å². The zero-order valence-electron chi connectivity index (χ0n) is 15.3. The molecule has 0 saturated carbocycles. The maximum atomic E-state index is 12.1. The quantitative estimate of drug-likeness (QED) is 0.675. The molecule has 1 aromatic heterocycles.